The van der Waals surface area contributed by atoms with Gasteiger partial charge in [-0.25, -0.2) is 4.79 Å². The van der Waals surface area contributed by atoms with Crippen molar-refractivity contribution in [1.82, 2.24) is 0 Å². The van der Waals surface area contributed by atoms with E-state index < -0.39 is 18.5 Å². The van der Waals surface area contributed by atoms with E-state index in [1.807, 2.05) is 19.1 Å². The monoisotopic (exact) mass is 475 g/mol. The molecular formula is C16H12Br2ClNO4. The van der Waals surface area contributed by atoms with Crippen molar-refractivity contribution in [2.45, 2.75) is 6.92 Å². The number of aromatic hydroxyl groups is 1. The van der Waals surface area contributed by atoms with Gasteiger partial charge in [-0.3, -0.25) is 4.79 Å². The second kappa shape index (κ2) is 8.00. The molecule has 0 radical (unpaired) electrons. The Morgan fingerprint density at radius 3 is 2.46 bits per heavy atom. The number of phenols is 1. The maximum atomic E-state index is 12.0. The first kappa shape index (κ1) is 18.8. The first-order valence-electron chi connectivity index (χ1n) is 6.69. The fourth-order valence-corrected chi connectivity index (χ4v) is 3.66. The standard InChI is InChI=1S/C16H12Br2ClNO4/c1-8-4-11(17)15(12(18)5-8)20-14(22)7-24-16(23)10-6-9(19)2-3-13(10)21/h2-6,21H,7H2,1H3,(H,20,22). The first-order valence-corrected chi connectivity index (χ1v) is 8.65. The number of ether oxygens (including phenoxy) is 1. The molecule has 2 N–H and O–H groups in total. The van der Waals surface area contributed by atoms with Crippen LogP contribution in [0, 0.1) is 6.92 Å². The van der Waals surface area contributed by atoms with Gasteiger partial charge in [0.15, 0.2) is 6.61 Å². The Bertz CT molecular complexity index is 788. The van der Waals surface area contributed by atoms with Gasteiger partial charge in [-0.1, -0.05) is 11.6 Å². The number of carbonyl (C=O) groups excluding carboxylic acids is 2. The molecule has 0 aliphatic heterocycles. The van der Waals surface area contributed by atoms with Crippen LogP contribution in [0.4, 0.5) is 5.69 Å². The molecule has 24 heavy (non-hydrogen) atoms. The molecule has 0 aliphatic carbocycles. The quantitative estimate of drug-likeness (QED) is 0.628. The summed E-state index contributed by atoms with van der Waals surface area (Å²) < 4.78 is 6.29. The summed E-state index contributed by atoms with van der Waals surface area (Å²) >= 11 is 12.5. The summed E-state index contributed by atoms with van der Waals surface area (Å²) in [5, 5.41) is 12.5. The lowest BCUT2D eigenvalue weighted by Gasteiger charge is -2.11. The molecule has 2 aromatic rings. The van der Waals surface area contributed by atoms with E-state index in [9.17, 15) is 14.7 Å². The first-order chi connectivity index (χ1) is 11.3. The molecule has 1 amide bonds. The van der Waals surface area contributed by atoms with Crippen LogP contribution in [-0.2, 0) is 9.53 Å². The minimum Gasteiger partial charge on any atom is -0.507 e. The van der Waals surface area contributed by atoms with Gasteiger partial charge >= 0.3 is 5.97 Å². The number of hydrogen-bond donors (Lipinski definition) is 2. The number of carbonyl (C=O) groups is 2. The molecule has 0 heterocycles. The van der Waals surface area contributed by atoms with E-state index in [4.69, 9.17) is 16.3 Å². The van der Waals surface area contributed by atoms with Gasteiger partial charge in [0.1, 0.15) is 11.3 Å². The molecule has 0 spiro atoms. The third-order valence-corrected chi connectivity index (χ3v) is 4.45. The smallest absolute Gasteiger partial charge is 0.342 e. The Hall–Kier alpha value is -1.57. The third kappa shape index (κ3) is 4.72. The minimum absolute atomic E-state index is 0.104. The SMILES string of the molecule is Cc1cc(Br)c(NC(=O)COC(=O)c2cc(Cl)ccc2O)c(Br)c1. The van der Waals surface area contributed by atoms with E-state index in [1.165, 1.54) is 18.2 Å². The average Bonchev–Trinajstić information content (AvgIpc) is 2.50. The van der Waals surface area contributed by atoms with Gasteiger partial charge < -0.3 is 15.2 Å². The average molecular weight is 478 g/mol. The molecule has 5 nitrogen and oxygen atoms in total. The molecule has 0 unspecified atom stereocenters. The van der Waals surface area contributed by atoms with Gasteiger partial charge in [-0.05, 0) is 74.7 Å². The van der Waals surface area contributed by atoms with Crippen molar-refractivity contribution >= 4 is 61.0 Å². The highest BCUT2D eigenvalue weighted by Gasteiger charge is 2.16. The van der Waals surface area contributed by atoms with Crippen molar-refractivity contribution in [2.75, 3.05) is 11.9 Å². The Kier molecular flexibility index (Phi) is 6.26. The van der Waals surface area contributed by atoms with Gasteiger partial charge in [0.25, 0.3) is 5.91 Å². The number of benzene rings is 2. The zero-order chi connectivity index (χ0) is 17.9. The number of esters is 1. The van der Waals surface area contributed by atoms with Crippen LogP contribution in [-0.4, -0.2) is 23.6 Å². The van der Waals surface area contributed by atoms with Crippen molar-refractivity contribution in [3.05, 3.63) is 55.4 Å². The molecule has 2 aromatic carbocycles. The van der Waals surface area contributed by atoms with Gasteiger partial charge in [0, 0.05) is 14.0 Å². The van der Waals surface area contributed by atoms with E-state index in [1.54, 1.807) is 0 Å². The van der Waals surface area contributed by atoms with Crippen LogP contribution in [0.3, 0.4) is 0 Å². The Balaban J connectivity index is 2.01. The topological polar surface area (TPSA) is 75.6 Å². The number of anilines is 1. The summed E-state index contributed by atoms with van der Waals surface area (Å²) in [5.74, 6) is -1.63. The summed E-state index contributed by atoms with van der Waals surface area (Å²) in [6, 6.07) is 7.67. The molecule has 0 aromatic heterocycles. The normalized spacial score (nSPS) is 10.3. The second-order valence-electron chi connectivity index (χ2n) is 4.89. The number of phenolic OH excluding ortho intramolecular Hbond substituents is 1. The largest absolute Gasteiger partial charge is 0.507 e. The number of rotatable bonds is 4. The van der Waals surface area contributed by atoms with E-state index in [2.05, 4.69) is 37.2 Å². The molecule has 8 heteroatoms. The second-order valence-corrected chi connectivity index (χ2v) is 7.03. The van der Waals surface area contributed by atoms with Crippen LogP contribution in [0.15, 0.2) is 39.3 Å². The molecule has 2 rings (SSSR count). The molecule has 0 bridgehead atoms. The number of aryl methyl sites for hydroxylation is 1. The molecular weight excluding hydrogens is 465 g/mol. The number of hydrogen-bond acceptors (Lipinski definition) is 4. The van der Waals surface area contributed by atoms with Gasteiger partial charge in [0.2, 0.25) is 0 Å². The van der Waals surface area contributed by atoms with Crippen LogP contribution in [0.5, 0.6) is 5.75 Å². The van der Waals surface area contributed by atoms with Crippen LogP contribution in [0.1, 0.15) is 15.9 Å². The van der Waals surface area contributed by atoms with Crippen molar-refractivity contribution in [1.29, 1.82) is 0 Å². The fourth-order valence-electron chi connectivity index (χ4n) is 1.88. The molecule has 126 valence electrons. The van der Waals surface area contributed by atoms with E-state index in [-0.39, 0.29) is 16.3 Å². The lowest BCUT2D eigenvalue weighted by molar-refractivity contribution is -0.119. The lowest BCUT2D eigenvalue weighted by Crippen LogP contribution is -2.21. The number of nitrogens with one attached hydrogen (secondary N) is 1. The predicted molar refractivity (Wildman–Crippen MR) is 98.6 cm³/mol. The minimum atomic E-state index is -0.841. The predicted octanol–water partition coefficient (Wildman–Crippen LogP) is 4.67. The lowest BCUT2D eigenvalue weighted by atomic mass is 10.2. The highest BCUT2D eigenvalue weighted by atomic mass is 79.9. The zero-order valence-electron chi connectivity index (χ0n) is 12.4. The third-order valence-electron chi connectivity index (χ3n) is 2.96. The molecule has 0 saturated carbocycles. The summed E-state index contributed by atoms with van der Waals surface area (Å²) in [5.41, 5.74) is 1.44. The molecule has 0 fully saturated rings. The Labute approximate surface area is 160 Å². The number of halogens is 3. The van der Waals surface area contributed by atoms with Crippen LogP contribution in [0.2, 0.25) is 5.02 Å². The summed E-state index contributed by atoms with van der Waals surface area (Å²) in [7, 11) is 0. The van der Waals surface area contributed by atoms with E-state index in [0.717, 1.165) is 5.56 Å². The molecule has 0 saturated heterocycles. The van der Waals surface area contributed by atoms with Gasteiger partial charge in [-0.15, -0.1) is 0 Å². The van der Waals surface area contributed by atoms with Crippen molar-refractivity contribution < 1.29 is 19.4 Å². The maximum Gasteiger partial charge on any atom is 0.342 e. The van der Waals surface area contributed by atoms with Crippen LogP contribution in [0.25, 0.3) is 0 Å². The highest BCUT2D eigenvalue weighted by Crippen LogP contribution is 2.32. The van der Waals surface area contributed by atoms with Crippen molar-refractivity contribution in [3.8, 4) is 5.75 Å². The summed E-state index contributed by atoms with van der Waals surface area (Å²) in [4.78, 5) is 23.9. The van der Waals surface area contributed by atoms with E-state index >= 15 is 0 Å². The zero-order valence-corrected chi connectivity index (χ0v) is 16.3. The van der Waals surface area contributed by atoms with Crippen molar-refractivity contribution in [2.24, 2.45) is 0 Å². The Morgan fingerprint density at radius 2 is 1.83 bits per heavy atom. The summed E-state index contributed by atoms with van der Waals surface area (Å²) in [6.45, 7) is 1.41. The van der Waals surface area contributed by atoms with E-state index in [0.29, 0.717) is 14.6 Å². The van der Waals surface area contributed by atoms with Gasteiger partial charge in [0.05, 0.1) is 5.69 Å². The van der Waals surface area contributed by atoms with Gasteiger partial charge in [-0.2, -0.15) is 0 Å². The fraction of sp³-hybridized carbons (Fsp3) is 0.125. The van der Waals surface area contributed by atoms with Crippen LogP contribution < -0.4 is 5.32 Å². The Morgan fingerprint density at radius 1 is 1.21 bits per heavy atom. The summed E-state index contributed by atoms with van der Waals surface area (Å²) in [6.07, 6.45) is 0. The van der Waals surface area contributed by atoms with Crippen LogP contribution >= 0.6 is 43.5 Å². The van der Waals surface area contributed by atoms with Crippen molar-refractivity contribution in [3.63, 3.8) is 0 Å². The molecule has 0 atom stereocenters. The maximum absolute atomic E-state index is 12.0. The molecule has 0 aliphatic rings. The highest BCUT2D eigenvalue weighted by molar-refractivity contribution is 9.11. The number of amides is 1.